The lowest BCUT2D eigenvalue weighted by Gasteiger charge is -2.35. The van der Waals surface area contributed by atoms with Crippen molar-refractivity contribution < 1.29 is 4.79 Å². The van der Waals surface area contributed by atoms with Crippen molar-refractivity contribution in [1.82, 2.24) is 10.3 Å². The van der Waals surface area contributed by atoms with Gasteiger partial charge in [0.1, 0.15) is 11.2 Å². The van der Waals surface area contributed by atoms with Crippen LogP contribution in [0.2, 0.25) is 5.15 Å². The van der Waals surface area contributed by atoms with Crippen LogP contribution in [-0.4, -0.2) is 30.0 Å². The molecule has 0 aliphatic carbocycles. The molecule has 1 unspecified atom stereocenters. The van der Waals surface area contributed by atoms with Crippen LogP contribution in [0.1, 0.15) is 13.3 Å². The molecule has 5 nitrogen and oxygen atoms in total. The van der Waals surface area contributed by atoms with Gasteiger partial charge in [-0.15, -0.1) is 0 Å². The largest absolute Gasteiger partial charge is 0.396 e. The number of anilines is 2. The van der Waals surface area contributed by atoms with Crippen molar-refractivity contribution >= 4 is 29.0 Å². The van der Waals surface area contributed by atoms with Gasteiger partial charge in [-0.25, -0.2) is 4.98 Å². The molecule has 92 valence electrons. The van der Waals surface area contributed by atoms with Crippen LogP contribution < -0.4 is 16.0 Å². The predicted octanol–water partition coefficient (Wildman–Crippen LogP) is 1.03. The van der Waals surface area contributed by atoms with Crippen LogP contribution in [0.4, 0.5) is 11.5 Å². The Labute approximate surface area is 105 Å². The first kappa shape index (κ1) is 12.0. The maximum atomic E-state index is 11.8. The van der Waals surface area contributed by atoms with E-state index in [1.807, 2.05) is 11.8 Å². The highest BCUT2D eigenvalue weighted by Crippen LogP contribution is 2.26. The van der Waals surface area contributed by atoms with Gasteiger partial charge in [0, 0.05) is 13.1 Å². The minimum absolute atomic E-state index is 0.0138. The van der Waals surface area contributed by atoms with E-state index in [0.29, 0.717) is 36.2 Å². The molecule has 1 aliphatic rings. The monoisotopic (exact) mass is 254 g/mol. The van der Waals surface area contributed by atoms with Crippen LogP contribution in [0.15, 0.2) is 12.1 Å². The lowest BCUT2D eigenvalue weighted by Crippen LogP contribution is -2.55. The van der Waals surface area contributed by atoms with Gasteiger partial charge in [0.25, 0.3) is 0 Å². The van der Waals surface area contributed by atoms with E-state index in [4.69, 9.17) is 17.3 Å². The second kappa shape index (κ2) is 4.79. The van der Waals surface area contributed by atoms with Gasteiger partial charge >= 0.3 is 0 Å². The third kappa shape index (κ3) is 2.29. The molecule has 1 aromatic rings. The van der Waals surface area contributed by atoms with Gasteiger partial charge in [0.05, 0.1) is 5.69 Å². The number of halogens is 1. The van der Waals surface area contributed by atoms with Crippen LogP contribution >= 0.6 is 11.6 Å². The van der Waals surface area contributed by atoms with Crippen LogP contribution in [-0.2, 0) is 4.79 Å². The molecule has 1 aromatic heterocycles. The third-order valence-corrected chi connectivity index (χ3v) is 3.07. The molecule has 0 radical (unpaired) electrons. The molecule has 2 rings (SSSR count). The summed E-state index contributed by atoms with van der Waals surface area (Å²) in [6.45, 7) is 3.26. The first-order valence-corrected chi connectivity index (χ1v) is 5.97. The van der Waals surface area contributed by atoms with Crippen LogP contribution in [0.25, 0.3) is 0 Å². The first-order valence-electron chi connectivity index (χ1n) is 5.60. The van der Waals surface area contributed by atoms with E-state index < -0.39 is 0 Å². The first-order chi connectivity index (χ1) is 8.13. The Morgan fingerprint density at radius 1 is 1.65 bits per heavy atom. The molecule has 1 aliphatic heterocycles. The SMILES string of the molecule is CCC1C(=O)NCCN1c1nc(Cl)ccc1N. The number of piperazine rings is 1. The van der Waals surface area contributed by atoms with Crippen molar-refractivity contribution in [2.24, 2.45) is 0 Å². The van der Waals surface area contributed by atoms with E-state index in [0.717, 1.165) is 0 Å². The standard InChI is InChI=1S/C11H15ClN4O/c1-2-8-11(17)14-5-6-16(8)10-7(13)3-4-9(12)15-10/h3-4,8H,2,5-6,13H2,1H3,(H,14,17). The number of nitrogens with zero attached hydrogens (tertiary/aromatic N) is 2. The molecule has 0 spiro atoms. The normalized spacial score (nSPS) is 20.2. The molecule has 2 heterocycles. The highest BCUT2D eigenvalue weighted by Gasteiger charge is 2.30. The smallest absolute Gasteiger partial charge is 0.242 e. The maximum absolute atomic E-state index is 11.8. The number of carbonyl (C=O) groups is 1. The van der Waals surface area contributed by atoms with Crippen LogP contribution in [0.3, 0.4) is 0 Å². The molecule has 6 heteroatoms. The lowest BCUT2D eigenvalue weighted by molar-refractivity contribution is -0.123. The van der Waals surface area contributed by atoms with Crippen molar-refractivity contribution in [3.63, 3.8) is 0 Å². The maximum Gasteiger partial charge on any atom is 0.242 e. The van der Waals surface area contributed by atoms with Gasteiger partial charge in [-0.1, -0.05) is 18.5 Å². The second-order valence-corrected chi connectivity index (χ2v) is 4.34. The van der Waals surface area contributed by atoms with Gasteiger partial charge in [0.15, 0.2) is 5.82 Å². The minimum Gasteiger partial charge on any atom is -0.396 e. The number of aromatic nitrogens is 1. The number of nitrogens with two attached hydrogens (primary N) is 1. The number of nitrogens with one attached hydrogen (secondary N) is 1. The Bertz CT molecular complexity index is 437. The second-order valence-electron chi connectivity index (χ2n) is 3.96. The Kier molecular flexibility index (Phi) is 3.38. The Hall–Kier alpha value is -1.49. The number of hydrogen-bond donors (Lipinski definition) is 2. The van der Waals surface area contributed by atoms with E-state index in [9.17, 15) is 4.79 Å². The van der Waals surface area contributed by atoms with E-state index >= 15 is 0 Å². The number of amides is 1. The topological polar surface area (TPSA) is 71.2 Å². The molecule has 0 aromatic carbocycles. The van der Waals surface area contributed by atoms with E-state index in [1.165, 1.54) is 0 Å². The summed E-state index contributed by atoms with van der Waals surface area (Å²) >= 11 is 5.87. The van der Waals surface area contributed by atoms with Gasteiger partial charge in [0.2, 0.25) is 5.91 Å². The molecule has 0 saturated carbocycles. The zero-order valence-electron chi connectivity index (χ0n) is 9.61. The molecule has 0 bridgehead atoms. The average Bonchev–Trinajstić information content (AvgIpc) is 2.32. The number of carbonyl (C=O) groups excluding carboxylic acids is 1. The van der Waals surface area contributed by atoms with Crippen LogP contribution in [0, 0.1) is 0 Å². The van der Waals surface area contributed by atoms with Crippen molar-refractivity contribution in [1.29, 1.82) is 0 Å². The summed E-state index contributed by atoms with van der Waals surface area (Å²) in [5.41, 5.74) is 6.43. The predicted molar refractivity (Wildman–Crippen MR) is 68.1 cm³/mol. The summed E-state index contributed by atoms with van der Waals surface area (Å²) in [4.78, 5) is 17.9. The molecule has 17 heavy (non-hydrogen) atoms. The van der Waals surface area contributed by atoms with Crippen molar-refractivity contribution in [3.05, 3.63) is 17.3 Å². The summed E-state index contributed by atoms with van der Waals surface area (Å²) < 4.78 is 0. The molecule has 1 saturated heterocycles. The fourth-order valence-electron chi connectivity index (χ4n) is 2.04. The van der Waals surface area contributed by atoms with Crippen molar-refractivity contribution in [3.8, 4) is 0 Å². The summed E-state index contributed by atoms with van der Waals surface area (Å²) in [6, 6.07) is 3.13. The average molecular weight is 255 g/mol. The van der Waals surface area contributed by atoms with Gasteiger partial charge in [-0.2, -0.15) is 0 Å². The Morgan fingerprint density at radius 3 is 3.12 bits per heavy atom. The summed E-state index contributed by atoms with van der Waals surface area (Å²) in [5.74, 6) is 0.610. The summed E-state index contributed by atoms with van der Waals surface area (Å²) in [7, 11) is 0. The number of pyridine rings is 1. The molecular weight excluding hydrogens is 240 g/mol. The van der Waals surface area contributed by atoms with Crippen molar-refractivity contribution in [2.75, 3.05) is 23.7 Å². The van der Waals surface area contributed by atoms with Crippen LogP contribution in [0.5, 0.6) is 0 Å². The van der Waals surface area contributed by atoms with Gasteiger partial charge < -0.3 is 16.0 Å². The Morgan fingerprint density at radius 2 is 2.41 bits per heavy atom. The molecular formula is C11H15ClN4O. The molecule has 3 N–H and O–H groups in total. The molecule has 1 atom stereocenters. The Balaban J connectivity index is 2.36. The third-order valence-electron chi connectivity index (χ3n) is 2.86. The zero-order chi connectivity index (χ0) is 12.4. The molecule has 1 amide bonds. The number of hydrogen-bond acceptors (Lipinski definition) is 4. The van der Waals surface area contributed by atoms with E-state index in [-0.39, 0.29) is 11.9 Å². The fraction of sp³-hybridized carbons (Fsp3) is 0.455. The zero-order valence-corrected chi connectivity index (χ0v) is 10.4. The highest BCUT2D eigenvalue weighted by atomic mass is 35.5. The fourth-order valence-corrected chi connectivity index (χ4v) is 2.18. The number of nitrogen functional groups attached to an aromatic ring is 1. The lowest BCUT2D eigenvalue weighted by atomic mass is 10.1. The van der Waals surface area contributed by atoms with E-state index in [1.54, 1.807) is 12.1 Å². The number of rotatable bonds is 2. The summed E-state index contributed by atoms with van der Waals surface area (Å²) in [6.07, 6.45) is 0.708. The highest BCUT2D eigenvalue weighted by molar-refractivity contribution is 6.29. The van der Waals surface area contributed by atoms with Gasteiger partial charge in [-0.3, -0.25) is 4.79 Å². The van der Waals surface area contributed by atoms with Crippen molar-refractivity contribution in [2.45, 2.75) is 19.4 Å². The summed E-state index contributed by atoms with van der Waals surface area (Å²) in [5, 5.41) is 3.22. The quantitative estimate of drug-likeness (QED) is 0.774. The van der Waals surface area contributed by atoms with E-state index in [2.05, 4.69) is 10.3 Å². The minimum atomic E-state index is -0.225. The molecule has 1 fully saturated rings. The van der Waals surface area contributed by atoms with Gasteiger partial charge in [-0.05, 0) is 18.6 Å².